The quantitative estimate of drug-likeness (QED) is 0.261. The fraction of sp³-hybridized carbons (Fsp3) is 0.556. The van der Waals surface area contributed by atoms with Gasteiger partial charge >= 0.3 is 0 Å². The highest BCUT2D eigenvalue weighted by atomic mass is 127. The highest BCUT2D eigenvalue weighted by molar-refractivity contribution is 14.0. The molecular formula is C18H31IN4O. The van der Waals surface area contributed by atoms with E-state index in [2.05, 4.69) is 33.1 Å². The smallest absolute Gasteiger partial charge is 0.225 e. The first-order valence-corrected chi connectivity index (χ1v) is 8.28. The molecule has 0 unspecified atom stereocenters. The standard InChI is InChI=1S/C18H30N4O.HI/c1-5-19-17(21-12-11-15-9-7-6-8-10-15)22-14-13-20-16(23)18(2,3)4;/h6-10H,5,11-14H2,1-4H3,(H,20,23)(H2,19,21,22);1H. The Hall–Kier alpha value is -1.31. The van der Waals surface area contributed by atoms with Gasteiger partial charge in [-0.05, 0) is 18.9 Å². The zero-order chi connectivity index (χ0) is 17.1. The Balaban J connectivity index is 0.00000529. The van der Waals surface area contributed by atoms with Gasteiger partial charge in [0, 0.05) is 31.6 Å². The van der Waals surface area contributed by atoms with Gasteiger partial charge in [-0.3, -0.25) is 9.79 Å². The summed E-state index contributed by atoms with van der Waals surface area (Å²) in [5.74, 6) is 0.846. The molecule has 0 bridgehead atoms. The first-order chi connectivity index (χ1) is 10.9. The lowest BCUT2D eigenvalue weighted by Crippen LogP contribution is -2.43. The van der Waals surface area contributed by atoms with E-state index < -0.39 is 0 Å². The summed E-state index contributed by atoms with van der Waals surface area (Å²) >= 11 is 0. The molecule has 0 spiro atoms. The molecular weight excluding hydrogens is 415 g/mol. The molecule has 0 aliphatic carbocycles. The molecule has 24 heavy (non-hydrogen) atoms. The molecule has 0 saturated carbocycles. The summed E-state index contributed by atoms with van der Waals surface area (Å²) in [6.45, 7) is 10.5. The van der Waals surface area contributed by atoms with E-state index in [1.807, 2.05) is 45.9 Å². The molecule has 1 aromatic rings. The van der Waals surface area contributed by atoms with E-state index >= 15 is 0 Å². The van der Waals surface area contributed by atoms with Gasteiger partial charge in [0.2, 0.25) is 5.91 Å². The normalized spacial score (nSPS) is 11.4. The Morgan fingerprint density at radius 3 is 2.25 bits per heavy atom. The molecule has 0 aromatic heterocycles. The van der Waals surface area contributed by atoms with Crippen LogP contribution in [0.25, 0.3) is 0 Å². The lowest BCUT2D eigenvalue weighted by Gasteiger charge is -2.18. The lowest BCUT2D eigenvalue weighted by atomic mass is 9.96. The summed E-state index contributed by atoms with van der Waals surface area (Å²) in [4.78, 5) is 16.3. The van der Waals surface area contributed by atoms with Gasteiger partial charge in [0.15, 0.2) is 5.96 Å². The van der Waals surface area contributed by atoms with Crippen molar-refractivity contribution in [1.82, 2.24) is 16.0 Å². The van der Waals surface area contributed by atoms with Gasteiger partial charge in [0.25, 0.3) is 0 Å². The van der Waals surface area contributed by atoms with Crippen molar-refractivity contribution in [2.24, 2.45) is 10.4 Å². The van der Waals surface area contributed by atoms with E-state index in [0.717, 1.165) is 25.5 Å². The fourth-order valence-electron chi connectivity index (χ4n) is 1.91. The maximum absolute atomic E-state index is 11.8. The van der Waals surface area contributed by atoms with Crippen LogP contribution in [0.2, 0.25) is 0 Å². The number of aliphatic imine (C=N–C) groups is 1. The molecule has 5 nitrogen and oxygen atoms in total. The molecule has 1 aromatic carbocycles. The zero-order valence-electron chi connectivity index (χ0n) is 15.2. The minimum Gasteiger partial charge on any atom is -0.357 e. The minimum absolute atomic E-state index is 0. The van der Waals surface area contributed by atoms with E-state index in [9.17, 15) is 4.79 Å². The van der Waals surface area contributed by atoms with Crippen molar-refractivity contribution in [2.75, 3.05) is 26.2 Å². The SMILES string of the molecule is CCNC(=NCCc1ccccc1)NCCNC(=O)C(C)(C)C.I. The number of benzene rings is 1. The van der Waals surface area contributed by atoms with E-state index in [0.29, 0.717) is 13.1 Å². The second-order valence-corrected chi connectivity index (χ2v) is 6.43. The van der Waals surface area contributed by atoms with Crippen LogP contribution in [-0.2, 0) is 11.2 Å². The Morgan fingerprint density at radius 1 is 1.04 bits per heavy atom. The molecule has 0 aliphatic heterocycles. The third kappa shape index (κ3) is 9.75. The van der Waals surface area contributed by atoms with Crippen LogP contribution in [0.4, 0.5) is 0 Å². The number of nitrogens with zero attached hydrogens (tertiary/aromatic N) is 1. The van der Waals surface area contributed by atoms with Crippen LogP contribution < -0.4 is 16.0 Å². The van der Waals surface area contributed by atoms with Gasteiger partial charge in [-0.2, -0.15) is 0 Å². The van der Waals surface area contributed by atoms with Gasteiger partial charge in [-0.15, -0.1) is 24.0 Å². The van der Waals surface area contributed by atoms with E-state index in [1.54, 1.807) is 0 Å². The average molecular weight is 446 g/mol. The second-order valence-electron chi connectivity index (χ2n) is 6.43. The number of rotatable bonds is 7. The summed E-state index contributed by atoms with van der Waals surface area (Å²) in [6.07, 6.45) is 0.915. The van der Waals surface area contributed by atoms with Gasteiger partial charge in [0.05, 0.1) is 0 Å². The monoisotopic (exact) mass is 446 g/mol. The van der Waals surface area contributed by atoms with Crippen molar-refractivity contribution < 1.29 is 4.79 Å². The number of carbonyl (C=O) groups is 1. The first kappa shape index (κ1) is 22.7. The molecule has 0 saturated heterocycles. The van der Waals surface area contributed by atoms with E-state index in [4.69, 9.17) is 0 Å². The van der Waals surface area contributed by atoms with Crippen LogP contribution in [0.15, 0.2) is 35.3 Å². The Bertz CT molecular complexity index is 497. The molecule has 1 amide bonds. The average Bonchev–Trinajstić information content (AvgIpc) is 2.51. The van der Waals surface area contributed by atoms with Crippen LogP contribution in [0.1, 0.15) is 33.3 Å². The van der Waals surface area contributed by atoms with Crippen LogP contribution in [0.3, 0.4) is 0 Å². The van der Waals surface area contributed by atoms with Crippen molar-refractivity contribution in [3.05, 3.63) is 35.9 Å². The van der Waals surface area contributed by atoms with Gasteiger partial charge < -0.3 is 16.0 Å². The molecule has 136 valence electrons. The molecule has 6 heteroatoms. The molecule has 0 heterocycles. The molecule has 0 fully saturated rings. The van der Waals surface area contributed by atoms with Crippen molar-refractivity contribution >= 4 is 35.8 Å². The highest BCUT2D eigenvalue weighted by Gasteiger charge is 2.20. The van der Waals surface area contributed by atoms with Crippen LogP contribution in [-0.4, -0.2) is 38.0 Å². The van der Waals surface area contributed by atoms with E-state index in [1.165, 1.54) is 5.56 Å². The number of halogens is 1. The summed E-state index contributed by atoms with van der Waals surface area (Å²) in [6, 6.07) is 10.3. The van der Waals surface area contributed by atoms with Crippen molar-refractivity contribution in [3.63, 3.8) is 0 Å². The summed E-state index contributed by atoms with van der Waals surface area (Å²) in [5.41, 5.74) is 0.929. The maximum atomic E-state index is 11.8. The third-order valence-corrected chi connectivity index (χ3v) is 3.24. The molecule has 0 radical (unpaired) electrons. The lowest BCUT2D eigenvalue weighted by molar-refractivity contribution is -0.128. The summed E-state index contributed by atoms with van der Waals surface area (Å²) in [5, 5.41) is 9.37. The van der Waals surface area contributed by atoms with Crippen molar-refractivity contribution in [1.29, 1.82) is 0 Å². The number of guanidine groups is 1. The second kappa shape index (κ2) is 12.1. The molecule has 0 atom stereocenters. The highest BCUT2D eigenvalue weighted by Crippen LogP contribution is 2.11. The van der Waals surface area contributed by atoms with Crippen LogP contribution in [0, 0.1) is 5.41 Å². The number of carbonyl (C=O) groups excluding carboxylic acids is 1. The number of amides is 1. The van der Waals surface area contributed by atoms with Crippen molar-refractivity contribution in [3.8, 4) is 0 Å². The predicted octanol–water partition coefficient (Wildman–Crippen LogP) is 2.56. The topological polar surface area (TPSA) is 65.5 Å². The molecule has 3 N–H and O–H groups in total. The number of hydrogen-bond donors (Lipinski definition) is 3. The van der Waals surface area contributed by atoms with Crippen LogP contribution in [0.5, 0.6) is 0 Å². The molecule has 1 rings (SSSR count). The Morgan fingerprint density at radius 2 is 1.67 bits per heavy atom. The summed E-state index contributed by atoms with van der Waals surface area (Å²) in [7, 11) is 0. The Labute approximate surface area is 163 Å². The van der Waals surface area contributed by atoms with Gasteiger partial charge in [-0.25, -0.2) is 0 Å². The first-order valence-electron chi connectivity index (χ1n) is 8.28. The maximum Gasteiger partial charge on any atom is 0.225 e. The number of nitrogens with one attached hydrogen (secondary N) is 3. The van der Waals surface area contributed by atoms with Crippen LogP contribution >= 0.6 is 24.0 Å². The predicted molar refractivity (Wildman–Crippen MR) is 112 cm³/mol. The Kier molecular flexibility index (Phi) is 11.4. The number of hydrogen-bond acceptors (Lipinski definition) is 2. The van der Waals surface area contributed by atoms with Crippen molar-refractivity contribution in [2.45, 2.75) is 34.1 Å². The minimum atomic E-state index is -0.353. The zero-order valence-corrected chi connectivity index (χ0v) is 17.5. The van der Waals surface area contributed by atoms with Gasteiger partial charge in [0.1, 0.15) is 0 Å². The third-order valence-electron chi connectivity index (χ3n) is 3.24. The summed E-state index contributed by atoms with van der Waals surface area (Å²) < 4.78 is 0. The van der Waals surface area contributed by atoms with Gasteiger partial charge in [-0.1, -0.05) is 51.1 Å². The molecule has 0 aliphatic rings. The largest absolute Gasteiger partial charge is 0.357 e. The fourth-order valence-corrected chi connectivity index (χ4v) is 1.91. The van der Waals surface area contributed by atoms with E-state index in [-0.39, 0.29) is 35.3 Å².